The second kappa shape index (κ2) is 10.7. The molecule has 0 aliphatic carbocycles. The van der Waals surface area contributed by atoms with Crippen molar-refractivity contribution in [1.82, 2.24) is 10.2 Å². The largest absolute Gasteiger partial charge is 0.380 e. The first-order valence-electron chi connectivity index (χ1n) is 6.60. The first-order chi connectivity index (χ1) is 8.45. The molecule has 0 aromatic carbocycles. The van der Waals surface area contributed by atoms with Crippen molar-refractivity contribution in [1.29, 1.82) is 0 Å². The fourth-order valence-electron chi connectivity index (χ4n) is 1.32. The number of ether oxygens (including phenoxy) is 1. The Morgan fingerprint density at radius 3 is 2.50 bits per heavy atom. The number of rotatable bonds is 12. The Morgan fingerprint density at radius 2 is 1.89 bits per heavy atom. The Morgan fingerprint density at radius 1 is 1.17 bits per heavy atom. The van der Waals surface area contributed by atoms with Gasteiger partial charge in [0.1, 0.15) is 9.84 Å². The molecule has 0 rings (SSSR count). The summed E-state index contributed by atoms with van der Waals surface area (Å²) in [6, 6.07) is 0. The molecule has 0 radical (unpaired) electrons. The Bertz CT molecular complexity index is 281. The normalized spacial score (nSPS) is 12.2. The van der Waals surface area contributed by atoms with Crippen molar-refractivity contribution in [2.75, 3.05) is 58.4 Å². The molecule has 0 aliphatic rings. The van der Waals surface area contributed by atoms with Crippen LogP contribution in [0.4, 0.5) is 0 Å². The molecule has 6 heteroatoms. The molecule has 0 aliphatic heterocycles. The van der Waals surface area contributed by atoms with Crippen LogP contribution in [0, 0.1) is 0 Å². The lowest BCUT2D eigenvalue weighted by molar-refractivity contribution is 0.132. The molecule has 110 valence electrons. The van der Waals surface area contributed by atoms with Crippen LogP contribution in [0.25, 0.3) is 0 Å². The zero-order chi connectivity index (χ0) is 13.9. The van der Waals surface area contributed by atoms with Crippen molar-refractivity contribution in [3.63, 3.8) is 0 Å². The van der Waals surface area contributed by atoms with Crippen LogP contribution in [-0.2, 0) is 14.6 Å². The van der Waals surface area contributed by atoms with E-state index in [-0.39, 0.29) is 5.75 Å². The van der Waals surface area contributed by atoms with Gasteiger partial charge in [0.2, 0.25) is 0 Å². The fourth-order valence-corrected chi connectivity index (χ4v) is 1.96. The zero-order valence-corrected chi connectivity index (χ0v) is 12.8. The first-order valence-corrected chi connectivity index (χ1v) is 8.66. The lowest BCUT2D eigenvalue weighted by atomic mass is 10.4. The summed E-state index contributed by atoms with van der Waals surface area (Å²) in [4.78, 5) is 2.02. The molecular weight excluding hydrogens is 252 g/mol. The summed E-state index contributed by atoms with van der Waals surface area (Å²) in [7, 11) is -0.914. The summed E-state index contributed by atoms with van der Waals surface area (Å²) >= 11 is 0. The molecule has 0 aromatic rings. The van der Waals surface area contributed by atoms with Gasteiger partial charge in [0.05, 0.1) is 12.4 Å². The van der Waals surface area contributed by atoms with Crippen LogP contribution >= 0.6 is 0 Å². The number of likely N-dealkylation sites (N-methyl/N-ethyl adjacent to an activating group) is 1. The number of nitrogens with one attached hydrogen (secondary N) is 1. The molecule has 0 bridgehead atoms. The predicted molar refractivity (Wildman–Crippen MR) is 75.8 cm³/mol. The Hall–Kier alpha value is -0.170. The third kappa shape index (κ3) is 13.9. The van der Waals surface area contributed by atoms with Crippen LogP contribution in [0.2, 0.25) is 0 Å². The van der Waals surface area contributed by atoms with Gasteiger partial charge in [-0.1, -0.05) is 13.3 Å². The van der Waals surface area contributed by atoms with Gasteiger partial charge in [-0.2, -0.15) is 0 Å². The quantitative estimate of drug-likeness (QED) is 0.523. The van der Waals surface area contributed by atoms with Gasteiger partial charge in [-0.3, -0.25) is 0 Å². The summed E-state index contributed by atoms with van der Waals surface area (Å²) in [6.45, 7) is 6.88. The van der Waals surface area contributed by atoms with Gasteiger partial charge in [0.15, 0.2) is 0 Å². The summed E-state index contributed by atoms with van der Waals surface area (Å²) in [5, 5.41) is 3.27. The lowest BCUT2D eigenvalue weighted by Gasteiger charge is -2.16. The molecule has 0 amide bonds. The maximum absolute atomic E-state index is 11.0. The van der Waals surface area contributed by atoms with E-state index in [4.69, 9.17) is 4.74 Å². The van der Waals surface area contributed by atoms with Crippen LogP contribution in [0.3, 0.4) is 0 Å². The Kier molecular flexibility index (Phi) is 10.6. The van der Waals surface area contributed by atoms with Gasteiger partial charge in [0, 0.05) is 39.0 Å². The average Bonchev–Trinajstić information content (AvgIpc) is 2.29. The number of unbranched alkanes of at least 4 members (excludes halogenated alkanes) is 1. The summed E-state index contributed by atoms with van der Waals surface area (Å²) in [5.41, 5.74) is 0. The van der Waals surface area contributed by atoms with Crippen LogP contribution in [-0.4, -0.2) is 71.8 Å². The minimum absolute atomic E-state index is 0.226. The SMILES string of the molecule is CCCCOCCNCCN(C)CCS(C)(=O)=O. The van der Waals surface area contributed by atoms with Crippen LogP contribution in [0.5, 0.6) is 0 Å². The molecule has 0 spiro atoms. The summed E-state index contributed by atoms with van der Waals surface area (Å²) in [6.07, 6.45) is 3.56. The van der Waals surface area contributed by atoms with Crippen molar-refractivity contribution in [2.24, 2.45) is 0 Å². The van der Waals surface area contributed by atoms with Gasteiger partial charge in [-0.15, -0.1) is 0 Å². The first kappa shape index (κ1) is 17.8. The minimum atomic E-state index is -2.85. The van der Waals surface area contributed by atoms with Crippen molar-refractivity contribution in [3.8, 4) is 0 Å². The van der Waals surface area contributed by atoms with Crippen LogP contribution in [0.1, 0.15) is 19.8 Å². The monoisotopic (exact) mass is 280 g/mol. The van der Waals surface area contributed by atoms with Crippen LogP contribution in [0.15, 0.2) is 0 Å². The second-order valence-electron chi connectivity index (χ2n) is 4.65. The third-order valence-electron chi connectivity index (χ3n) is 2.58. The van der Waals surface area contributed by atoms with E-state index in [1.807, 2.05) is 11.9 Å². The molecule has 0 saturated heterocycles. The molecule has 0 aromatic heterocycles. The van der Waals surface area contributed by atoms with Gasteiger partial charge < -0.3 is 15.0 Å². The van der Waals surface area contributed by atoms with Crippen molar-refractivity contribution < 1.29 is 13.2 Å². The molecule has 0 unspecified atom stereocenters. The average molecular weight is 280 g/mol. The highest BCUT2D eigenvalue weighted by Crippen LogP contribution is 1.88. The predicted octanol–water partition coefficient (Wildman–Crippen LogP) is 0.369. The maximum atomic E-state index is 11.0. The summed E-state index contributed by atoms with van der Waals surface area (Å²) in [5.74, 6) is 0.226. The molecule has 0 fully saturated rings. The Labute approximate surface area is 112 Å². The lowest BCUT2D eigenvalue weighted by Crippen LogP contribution is -2.33. The summed E-state index contributed by atoms with van der Waals surface area (Å²) < 4.78 is 27.4. The zero-order valence-electron chi connectivity index (χ0n) is 11.9. The molecule has 18 heavy (non-hydrogen) atoms. The van der Waals surface area contributed by atoms with E-state index in [1.54, 1.807) is 0 Å². The van der Waals surface area contributed by atoms with Gasteiger partial charge in [0.25, 0.3) is 0 Å². The van der Waals surface area contributed by atoms with E-state index in [0.717, 1.165) is 39.3 Å². The molecule has 1 N–H and O–H groups in total. The van der Waals surface area contributed by atoms with E-state index < -0.39 is 9.84 Å². The third-order valence-corrected chi connectivity index (χ3v) is 3.50. The number of hydrogen-bond acceptors (Lipinski definition) is 5. The second-order valence-corrected chi connectivity index (χ2v) is 6.91. The molecule has 0 heterocycles. The van der Waals surface area contributed by atoms with E-state index in [0.29, 0.717) is 6.54 Å². The molecular formula is C12H28N2O3S. The highest BCUT2D eigenvalue weighted by Gasteiger charge is 2.04. The Balaban J connectivity index is 3.28. The fraction of sp³-hybridized carbons (Fsp3) is 1.00. The van der Waals surface area contributed by atoms with E-state index in [9.17, 15) is 8.42 Å². The minimum Gasteiger partial charge on any atom is -0.380 e. The molecule has 0 saturated carbocycles. The standard InChI is InChI=1S/C12H28N2O3S/c1-4-5-10-17-11-7-13-6-8-14(2)9-12-18(3,15)16/h13H,4-12H2,1-3H3. The van der Waals surface area contributed by atoms with Crippen molar-refractivity contribution >= 4 is 9.84 Å². The number of nitrogens with zero attached hydrogens (tertiary/aromatic N) is 1. The maximum Gasteiger partial charge on any atom is 0.148 e. The molecule has 0 atom stereocenters. The van der Waals surface area contributed by atoms with Gasteiger partial charge in [-0.25, -0.2) is 8.42 Å². The van der Waals surface area contributed by atoms with Gasteiger partial charge >= 0.3 is 0 Å². The van der Waals surface area contributed by atoms with Crippen molar-refractivity contribution in [3.05, 3.63) is 0 Å². The smallest absolute Gasteiger partial charge is 0.148 e. The highest BCUT2D eigenvalue weighted by atomic mass is 32.2. The van der Waals surface area contributed by atoms with E-state index >= 15 is 0 Å². The van der Waals surface area contributed by atoms with E-state index in [2.05, 4.69) is 12.2 Å². The molecule has 5 nitrogen and oxygen atoms in total. The highest BCUT2D eigenvalue weighted by molar-refractivity contribution is 7.90. The number of sulfone groups is 1. The van der Waals surface area contributed by atoms with E-state index in [1.165, 1.54) is 12.7 Å². The van der Waals surface area contributed by atoms with Crippen LogP contribution < -0.4 is 5.32 Å². The topological polar surface area (TPSA) is 58.6 Å². The van der Waals surface area contributed by atoms with Crippen molar-refractivity contribution in [2.45, 2.75) is 19.8 Å². The number of hydrogen-bond donors (Lipinski definition) is 1. The van der Waals surface area contributed by atoms with Gasteiger partial charge in [-0.05, 0) is 13.5 Å².